The number of rotatable bonds is 6. The first-order valence-electron chi connectivity index (χ1n) is 9.29. The number of aliphatic hydroxyl groups excluding tert-OH is 1. The Labute approximate surface area is 154 Å². The molecule has 1 unspecified atom stereocenters. The number of piperidine rings is 1. The Balaban J connectivity index is 1.57. The van der Waals surface area contributed by atoms with Crippen LogP contribution in [0.25, 0.3) is 0 Å². The molecule has 0 aromatic heterocycles. The second-order valence-corrected chi connectivity index (χ2v) is 7.50. The van der Waals surface area contributed by atoms with E-state index in [2.05, 4.69) is 21.2 Å². The summed E-state index contributed by atoms with van der Waals surface area (Å²) in [5, 5.41) is 13.4. The van der Waals surface area contributed by atoms with Crippen LogP contribution in [0.2, 0.25) is 5.02 Å². The van der Waals surface area contributed by atoms with Crippen molar-refractivity contribution in [2.45, 2.75) is 37.8 Å². The van der Waals surface area contributed by atoms with Crippen LogP contribution in [0.4, 0.5) is 0 Å². The van der Waals surface area contributed by atoms with Gasteiger partial charge in [-0.2, -0.15) is 0 Å². The number of aliphatic hydroxyl groups is 1. The summed E-state index contributed by atoms with van der Waals surface area (Å²) in [6.45, 7) is 4.66. The van der Waals surface area contributed by atoms with E-state index in [-0.39, 0.29) is 18.1 Å². The molecule has 0 spiro atoms. The van der Waals surface area contributed by atoms with Gasteiger partial charge in [0.15, 0.2) is 0 Å². The highest BCUT2D eigenvalue weighted by Crippen LogP contribution is 2.29. The number of nitrogens with one attached hydrogen (secondary N) is 1. The van der Waals surface area contributed by atoms with Gasteiger partial charge >= 0.3 is 0 Å². The molecule has 1 amide bonds. The van der Waals surface area contributed by atoms with Gasteiger partial charge in [0.05, 0.1) is 18.7 Å². The minimum absolute atomic E-state index is 0.0487. The van der Waals surface area contributed by atoms with E-state index >= 15 is 0 Å². The number of carbonyl (C=O) groups is 1. The van der Waals surface area contributed by atoms with Crippen LogP contribution in [-0.2, 0) is 4.79 Å². The lowest BCUT2D eigenvalue weighted by atomic mass is 10.1. The van der Waals surface area contributed by atoms with Crippen molar-refractivity contribution >= 4 is 17.5 Å². The Bertz CT molecular complexity index is 570. The summed E-state index contributed by atoms with van der Waals surface area (Å²) in [6, 6.07) is 8.05. The smallest absolute Gasteiger partial charge is 0.234 e. The first-order chi connectivity index (χ1) is 12.1. The standard InChI is InChI=1S/C19H28ClN3O2/c20-17-6-2-1-5-16(17)18(23-9-3-4-10-23)13-21-19(25)14-22-11-7-15(24)8-12-22/h1-2,5-6,15,18,24H,3-4,7-14H2,(H,21,25). The molecule has 0 aliphatic carbocycles. The van der Waals surface area contributed by atoms with Crippen LogP contribution in [0.3, 0.4) is 0 Å². The van der Waals surface area contributed by atoms with Crippen molar-refractivity contribution in [3.63, 3.8) is 0 Å². The van der Waals surface area contributed by atoms with Crippen molar-refractivity contribution < 1.29 is 9.90 Å². The quantitative estimate of drug-likeness (QED) is 0.810. The second-order valence-electron chi connectivity index (χ2n) is 7.09. The highest BCUT2D eigenvalue weighted by molar-refractivity contribution is 6.31. The van der Waals surface area contributed by atoms with Crippen molar-refractivity contribution in [3.05, 3.63) is 34.9 Å². The van der Waals surface area contributed by atoms with Gasteiger partial charge in [-0.3, -0.25) is 14.6 Å². The monoisotopic (exact) mass is 365 g/mol. The van der Waals surface area contributed by atoms with Crippen LogP contribution >= 0.6 is 11.6 Å². The second kappa shape index (κ2) is 8.99. The number of benzene rings is 1. The molecule has 2 N–H and O–H groups in total. The number of carbonyl (C=O) groups excluding carboxylic acids is 1. The molecule has 2 aliphatic rings. The van der Waals surface area contributed by atoms with Crippen LogP contribution in [0.5, 0.6) is 0 Å². The molecule has 2 aliphatic heterocycles. The molecule has 2 saturated heterocycles. The van der Waals surface area contributed by atoms with Crippen molar-refractivity contribution in [1.29, 1.82) is 0 Å². The number of likely N-dealkylation sites (tertiary alicyclic amines) is 2. The molecule has 138 valence electrons. The zero-order chi connectivity index (χ0) is 17.6. The molecule has 6 heteroatoms. The fourth-order valence-electron chi connectivity index (χ4n) is 3.78. The summed E-state index contributed by atoms with van der Waals surface area (Å²) in [4.78, 5) is 16.9. The average Bonchev–Trinajstić information content (AvgIpc) is 3.13. The normalized spacial score (nSPS) is 21.4. The van der Waals surface area contributed by atoms with Crippen LogP contribution in [0.15, 0.2) is 24.3 Å². The van der Waals surface area contributed by atoms with E-state index in [1.165, 1.54) is 12.8 Å². The number of amides is 1. The van der Waals surface area contributed by atoms with Gasteiger partial charge in [0.25, 0.3) is 0 Å². The van der Waals surface area contributed by atoms with Crippen molar-refractivity contribution in [1.82, 2.24) is 15.1 Å². The van der Waals surface area contributed by atoms with Crippen LogP contribution in [-0.4, -0.2) is 66.2 Å². The molecule has 1 aromatic rings. The molecule has 1 atom stereocenters. The lowest BCUT2D eigenvalue weighted by Gasteiger charge is -2.31. The Kier molecular flexibility index (Phi) is 6.70. The van der Waals surface area contributed by atoms with Crippen LogP contribution in [0.1, 0.15) is 37.3 Å². The number of nitrogens with zero attached hydrogens (tertiary/aromatic N) is 2. The zero-order valence-electron chi connectivity index (χ0n) is 14.7. The summed E-state index contributed by atoms with van der Waals surface area (Å²) in [5.41, 5.74) is 1.09. The van der Waals surface area contributed by atoms with E-state index < -0.39 is 0 Å². The van der Waals surface area contributed by atoms with E-state index in [9.17, 15) is 9.90 Å². The Hall–Kier alpha value is -1.14. The van der Waals surface area contributed by atoms with Gasteiger partial charge in [0.1, 0.15) is 0 Å². The third-order valence-electron chi connectivity index (χ3n) is 5.26. The van der Waals surface area contributed by atoms with Gasteiger partial charge in [0, 0.05) is 24.7 Å². The summed E-state index contributed by atoms with van der Waals surface area (Å²) in [7, 11) is 0. The van der Waals surface area contributed by atoms with Crippen molar-refractivity contribution in [3.8, 4) is 0 Å². The third-order valence-corrected chi connectivity index (χ3v) is 5.61. The third kappa shape index (κ3) is 5.17. The largest absolute Gasteiger partial charge is 0.393 e. The van der Waals surface area contributed by atoms with Gasteiger partial charge in [-0.1, -0.05) is 29.8 Å². The molecule has 0 saturated carbocycles. The predicted molar refractivity (Wildman–Crippen MR) is 99.7 cm³/mol. The average molecular weight is 366 g/mol. The molecule has 0 bridgehead atoms. The first-order valence-corrected chi connectivity index (χ1v) is 9.67. The van der Waals surface area contributed by atoms with E-state index in [1.54, 1.807) is 0 Å². The Morgan fingerprint density at radius 3 is 2.56 bits per heavy atom. The highest BCUT2D eigenvalue weighted by atomic mass is 35.5. The summed E-state index contributed by atoms with van der Waals surface area (Å²) < 4.78 is 0. The summed E-state index contributed by atoms with van der Waals surface area (Å²) >= 11 is 6.41. The molecule has 25 heavy (non-hydrogen) atoms. The first kappa shape index (κ1) is 18.6. The Morgan fingerprint density at radius 2 is 1.88 bits per heavy atom. The fraction of sp³-hybridized carbons (Fsp3) is 0.632. The molecule has 2 heterocycles. The SMILES string of the molecule is O=C(CN1CCC(O)CC1)NCC(c1ccccc1Cl)N1CCCC1. The minimum Gasteiger partial charge on any atom is -0.393 e. The van der Waals surface area contributed by atoms with Crippen molar-refractivity contribution in [2.24, 2.45) is 0 Å². The van der Waals surface area contributed by atoms with E-state index in [1.807, 2.05) is 18.2 Å². The maximum Gasteiger partial charge on any atom is 0.234 e. The number of halogens is 1. The lowest BCUT2D eigenvalue weighted by molar-refractivity contribution is -0.123. The maximum absolute atomic E-state index is 12.4. The number of hydrogen-bond donors (Lipinski definition) is 2. The van der Waals surface area contributed by atoms with Gasteiger partial charge in [-0.15, -0.1) is 0 Å². The summed E-state index contributed by atoms with van der Waals surface area (Å²) in [5.74, 6) is 0.0487. The lowest BCUT2D eigenvalue weighted by Crippen LogP contribution is -2.44. The van der Waals surface area contributed by atoms with Crippen LogP contribution < -0.4 is 5.32 Å². The minimum atomic E-state index is -0.209. The van der Waals surface area contributed by atoms with Crippen molar-refractivity contribution in [2.75, 3.05) is 39.3 Å². The van der Waals surface area contributed by atoms with Gasteiger partial charge in [-0.05, 0) is 50.4 Å². The molecule has 2 fully saturated rings. The molecule has 3 rings (SSSR count). The van der Waals surface area contributed by atoms with Gasteiger partial charge < -0.3 is 10.4 Å². The highest BCUT2D eigenvalue weighted by Gasteiger charge is 2.26. The van der Waals surface area contributed by atoms with E-state index in [4.69, 9.17) is 11.6 Å². The van der Waals surface area contributed by atoms with Gasteiger partial charge in [-0.25, -0.2) is 0 Å². The fourth-order valence-corrected chi connectivity index (χ4v) is 4.04. The Morgan fingerprint density at radius 1 is 1.20 bits per heavy atom. The maximum atomic E-state index is 12.4. The van der Waals surface area contributed by atoms with E-state index in [0.29, 0.717) is 13.1 Å². The van der Waals surface area contributed by atoms with Crippen LogP contribution in [0, 0.1) is 0 Å². The summed E-state index contributed by atoms with van der Waals surface area (Å²) in [6.07, 6.45) is 3.70. The zero-order valence-corrected chi connectivity index (χ0v) is 15.4. The number of hydrogen-bond acceptors (Lipinski definition) is 4. The molecular weight excluding hydrogens is 338 g/mol. The molecular formula is C19H28ClN3O2. The predicted octanol–water partition coefficient (Wildman–Crippen LogP) is 2.05. The van der Waals surface area contributed by atoms with Gasteiger partial charge in [0.2, 0.25) is 5.91 Å². The molecule has 0 radical (unpaired) electrons. The topological polar surface area (TPSA) is 55.8 Å². The van der Waals surface area contributed by atoms with E-state index in [0.717, 1.165) is 49.6 Å². The molecule has 1 aromatic carbocycles. The molecule has 5 nitrogen and oxygen atoms in total.